The Labute approximate surface area is 165 Å². The maximum Gasteiger partial charge on any atom is 0.256 e. The van der Waals surface area contributed by atoms with Gasteiger partial charge in [0, 0.05) is 4.88 Å². The summed E-state index contributed by atoms with van der Waals surface area (Å²) in [6.45, 7) is 2.26. The fraction of sp³-hybridized carbons (Fsp3) is 0.421. The lowest BCUT2D eigenvalue weighted by molar-refractivity contribution is 0.0935. The first-order valence-corrected chi connectivity index (χ1v) is 10.6. The summed E-state index contributed by atoms with van der Waals surface area (Å²) in [5, 5.41) is 7.70. The number of amides is 1. The number of fused-ring (bicyclic) bond motifs is 3. The Hall–Kier alpha value is -1.28. The topological polar surface area (TPSA) is 50.4 Å². The molecule has 2 unspecified atom stereocenters. The van der Waals surface area contributed by atoms with Gasteiger partial charge in [0.1, 0.15) is 16.9 Å². The number of thiophene rings is 1. The summed E-state index contributed by atoms with van der Waals surface area (Å²) < 4.78 is 6.36. The molecule has 2 N–H and O–H groups in total. The predicted octanol–water partition coefficient (Wildman–Crippen LogP) is 4.73. The van der Waals surface area contributed by atoms with Crippen molar-refractivity contribution in [1.29, 1.82) is 0 Å². The first-order valence-electron chi connectivity index (χ1n) is 8.66. The summed E-state index contributed by atoms with van der Waals surface area (Å²) in [4.78, 5) is 14.2. The molecule has 6 heteroatoms. The number of benzene rings is 1. The number of nitrogens with one attached hydrogen (secondary N) is 2. The molecule has 0 saturated heterocycles. The molecule has 0 bridgehead atoms. The smallest absolute Gasteiger partial charge is 0.256 e. The Balaban J connectivity index is 1.65. The number of methoxy groups -OCH3 is 1. The first kappa shape index (κ1) is 17.1. The standard InChI is InChI=1S/C19H21IN2O2S/c1-3-10-4-6-12-15(8-10)25-19-16(12)18(23)21-17(22-19)11-5-7-14(24-2)13(20)9-11/h5,7,9-10,17,22H,3-4,6,8H2,1-2H3,(H,21,23). The molecular weight excluding hydrogens is 447 g/mol. The number of ether oxygens (including phenoxy) is 1. The highest BCUT2D eigenvalue weighted by Gasteiger charge is 2.33. The van der Waals surface area contributed by atoms with E-state index < -0.39 is 0 Å². The first-order chi connectivity index (χ1) is 12.1. The van der Waals surface area contributed by atoms with Crippen molar-refractivity contribution in [2.24, 2.45) is 5.92 Å². The van der Waals surface area contributed by atoms with Gasteiger partial charge in [-0.05, 0) is 71.0 Å². The number of hydrogen-bond donors (Lipinski definition) is 2. The lowest BCUT2D eigenvalue weighted by atomic mass is 9.85. The highest BCUT2D eigenvalue weighted by Crippen LogP contribution is 2.43. The van der Waals surface area contributed by atoms with Crippen LogP contribution in [-0.2, 0) is 12.8 Å². The van der Waals surface area contributed by atoms with E-state index in [4.69, 9.17) is 4.74 Å². The van der Waals surface area contributed by atoms with E-state index in [2.05, 4.69) is 46.2 Å². The van der Waals surface area contributed by atoms with E-state index >= 15 is 0 Å². The van der Waals surface area contributed by atoms with Gasteiger partial charge in [0.15, 0.2) is 0 Å². The van der Waals surface area contributed by atoms with Crippen LogP contribution in [0.2, 0.25) is 0 Å². The third-order valence-corrected chi connectivity index (χ3v) is 7.26. The van der Waals surface area contributed by atoms with Crippen LogP contribution in [0.3, 0.4) is 0 Å². The van der Waals surface area contributed by atoms with E-state index in [1.54, 1.807) is 18.4 Å². The maximum absolute atomic E-state index is 12.8. The van der Waals surface area contributed by atoms with E-state index in [9.17, 15) is 4.79 Å². The molecular formula is C19H21IN2O2S. The Kier molecular flexibility index (Phi) is 4.66. The van der Waals surface area contributed by atoms with Crippen LogP contribution in [0.5, 0.6) is 5.75 Å². The fourth-order valence-corrected chi connectivity index (χ4v) is 5.89. The average Bonchev–Trinajstić information content (AvgIpc) is 2.99. The molecule has 2 aliphatic rings. The molecule has 0 radical (unpaired) electrons. The zero-order chi connectivity index (χ0) is 17.6. The lowest BCUT2D eigenvalue weighted by Gasteiger charge is -2.27. The van der Waals surface area contributed by atoms with Crippen molar-refractivity contribution in [1.82, 2.24) is 5.32 Å². The number of carbonyl (C=O) groups is 1. The highest BCUT2D eigenvalue weighted by molar-refractivity contribution is 14.1. The van der Waals surface area contributed by atoms with Crippen LogP contribution in [0.4, 0.5) is 5.00 Å². The number of halogens is 1. The molecule has 0 spiro atoms. The van der Waals surface area contributed by atoms with Crippen molar-refractivity contribution in [2.75, 3.05) is 12.4 Å². The van der Waals surface area contributed by atoms with Gasteiger partial charge in [-0.1, -0.05) is 19.4 Å². The van der Waals surface area contributed by atoms with Gasteiger partial charge in [-0.2, -0.15) is 0 Å². The van der Waals surface area contributed by atoms with E-state index in [1.165, 1.54) is 23.3 Å². The molecule has 4 rings (SSSR count). The van der Waals surface area contributed by atoms with Crippen molar-refractivity contribution in [2.45, 2.75) is 38.8 Å². The number of carbonyl (C=O) groups excluding carboxylic acids is 1. The monoisotopic (exact) mass is 468 g/mol. The third kappa shape index (κ3) is 3.03. The Morgan fingerprint density at radius 3 is 2.92 bits per heavy atom. The highest BCUT2D eigenvalue weighted by atomic mass is 127. The molecule has 132 valence electrons. The van der Waals surface area contributed by atoms with Gasteiger partial charge >= 0.3 is 0 Å². The van der Waals surface area contributed by atoms with Crippen LogP contribution in [-0.4, -0.2) is 13.0 Å². The van der Waals surface area contributed by atoms with E-state index in [0.717, 1.165) is 44.2 Å². The largest absolute Gasteiger partial charge is 0.496 e. The van der Waals surface area contributed by atoms with Crippen LogP contribution in [0.25, 0.3) is 0 Å². The minimum Gasteiger partial charge on any atom is -0.496 e. The van der Waals surface area contributed by atoms with Gasteiger partial charge in [-0.3, -0.25) is 4.79 Å². The molecule has 2 aromatic rings. The molecule has 0 fully saturated rings. The van der Waals surface area contributed by atoms with Crippen LogP contribution in [0, 0.1) is 9.49 Å². The van der Waals surface area contributed by atoms with Crippen molar-refractivity contribution < 1.29 is 9.53 Å². The SMILES string of the molecule is CCC1CCc2c(sc3c2C(=O)NC(c2ccc(OC)c(I)c2)N3)C1. The second-order valence-corrected chi connectivity index (χ2v) is 8.94. The summed E-state index contributed by atoms with van der Waals surface area (Å²) in [5.74, 6) is 1.66. The zero-order valence-electron chi connectivity index (χ0n) is 14.3. The summed E-state index contributed by atoms with van der Waals surface area (Å²) in [6, 6.07) is 6.01. The predicted molar refractivity (Wildman–Crippen MR) is 110 cm³/mol. The van der Waals surface area contributed by atoms with Gasteiger partial charge in [-0.15, -0.1) is 11.3 Å². The van der Waals surface area contributed by atoms with Gasteiger partial charge in [0.05, 0.1) is 16.2 Å². The summed E-state index contributed by atoms with van der Waals surface area (Å²) >= 11 is 4.03. The lowest BCUT2D eigenvalue weighted by Crippen LogP contribution is -2.38. The molecule has 1 aliphatic heterocycles. The normalized spacial score (nSPS) is 21.8. The van der Waals surface area contributed by atoms with Crippen molar-refractivity contribution in [3.63, 3.8) is 0 Å². The second kappa shape index (κ2) is 6.79. The molecule has 2 atom stereocenters. The van der Waals surface area contributed by atoms with Crippen LogP contribution in [0.15, 0.2) is 18.2 Å². The fourth-order valence-electron chi connectivity index (χ4n) is 3.74. The summed E-state index contributed by atoms with van der Waals surface area (Å²) in [7, 11) is 1.67. The number of anilines is 1. The minimum atomic E-state index is -0.193. The quantitative estimate of drug-likeness (QED) is 0.641. The number of hydrogen-bond acceptors (Lipinski definition) is 4. The van der Waals surface area contributed by atoms with E-state index in [1.807, 2.05) is 12.1 Å². The average molecular weight is 468 g/mol. The zero-order valence-corrected chi connectivity index (χ0v) is 17.3. The van der Waals surface area contributed by atoms with Crippen LogP contribution >= 0.6 is 33.9 Å². The molecule has 1 aliphatic carbocycles. The van der Waals surface area contributed by atoms with Crippen LogP contribution < -0.4 is 15.4 Å². The molecule has 2 heterocycles. The Bertz CT molecular complexity index is 833. The van der Waals surface area contributed by atoms with Gasteiger partial charge in [-0.25, -0.2) is 0 Å². The Morgan fingerprint density at radius 2 is 2.20 bits per heavy atom. The molecule has 4 nitrogen and oxygen atoms in total. The summed E-state index contributed by atoms with van der Waals surface area (Å²) in [5.41, 5.74) is 3.20. The van der Waals surface area contributed by atoms with Gasteiger partial charge in [0.2, 0.25) is 0 Å². The second-order valence-electron chi connectivity index (χ2n) is 6.67. The minimum absolute atomic E-state index is 0.0528. The van der Waals surface area contributed by atoms with Crippen molar-refractivity contribution in [3.8, 4) is 5.75 Å². The maximum atomic E-state index is 12.8. The molecule has 1 aromatic heterocycles. The Morgan fingerprint density at radius 1 is 1.36 bits per heavy atom. The van der Waals surface area contributed by atoms with Gasteiger partial charge < -0.3 is 15.4 Å². The van der Waals surface area contributed by atoms with Crippen molar-refractivity contribution >= 4 is 44.8 Å². The van der Waals surface area contributed by atoms with Gasteiger partial charge in [0.25, 0.3) is 5.91 Å². The van der Waals surface area contributed by atoms with Crippen molar-refractivity contribution in [3.05, 3.63) is 43.3 Å². The molecule has 1 amide bonds. The molecule has 25 heavy (non-hydrogen) atoms. The van der Waals surface area contributed by atoms with E-state index in [0.29, 0.717) is 0 Å². The molecule has 1 aromatic carbocycles. The summed E-state index contributed by atoms with van der Waals surface area (Å²) in [6.07, 6.45) is 4.36. The van der Waals surface area contributed by atoms with Crippen LogP contribution in [0.1, 0.15) is 52.3 Å². The molecule has 0 saturated carbocycles. The number of rotatable bonds is 3. The van der Waals surface area contributed by atoms with E-state index in [-0.39, 0.29) is 12.1 Å². The third-order valence-electron chi connectivity index (χ3n) is 5.23.